The molecule has 0 unspecified atom stereocenters. The number of nitro groups is 1. The van der Waals surface area contributed by atoms with Crippen molar-refractivity contribution in [2.45, 2.75) is 43.7 Å². The lowest BCUT2D eigenvalue weighted by Crippen LogP contribution is -2.34. The zero-order chi connectivity index (χ0) is 22.3. The van der Waals surface area contributed by atoms with Gasteiger partial charge in [0, 0.05) is 44.0 Å². The monoisotopic (exact) mass is 457 g/mol. The summed E-state index contributed by atoms with van der Waals surface area (Å²) >= 11 is 1.28. The maximum absolute atomic E-state index is 12.4. The van der Waals surface area contributed by atoms with E-state index in [1.54, 1.807) is 0 Å². The van der Waals surface area contributed by atoms with E-state index in [0.717, 1.165) is 51.9 Å². The van der Waals surface area contributed by atoms with Gasteiger partial charge in [-0.15, -0.1) is 0 Å². The number of non-ortho nitro benzene ring substituents is 1. The summed E-state index contributed by atoms with van der Waals surface area (Å²) in [5, 5.41) is 14.1. The van der Waals surface area contributed by atoms with Crippen molar-refractivity contribution < 1.29 is 9.72 Å². The molecule has 1 aromatic carbocycles. The van der Waals surface area contributed by atoms with Gasteiger partial charge in [0.05, 0.1) is 10.7 Å². The number of carbonyl (C=O) groups excluding carboxylic acids is 1. The highest BCUT2D eigenvalue weighted by atomic mass is 32.2. The van der Waals surface area contributed by atoms with E-state index < -0.39 is 4.92 Å². The molecule has 0 spiro atoms. The zero-order valence-electron chi connectivity index (χ0n) is 17.9. The second-order valence-corrected chi connectivity index (χ2v) is 8.90. The van der Waals surface area contributed by atoms with Crippen molar-refractivity contribution in [2.24, 2.45) is 0 Å². The van der Waals surface area contributed by atoms with Crippen LogP contribution in [0.15, 0.2) is 29.4 Å². The Balaban J connectivity index is 1.43. The minimum atomic E-state index is -0.470. The summed E-state index contributed by atoms with van der Waals surface area (Å²) in [7, 11) is 0. The topological polar surface area (TPSA) is 117 Å². The van der Waals surface area contributed by atoms with Crippen LogP contribution in [-0.4, -0.2) is 57.7 Å². The van der Waals surface area contributed by atoms with Crippen LogP contribution < -0.4 is 15.1 Å². The van der Waals surface area contributed by atoms with Crippen molar-refractivity contribution in [1.82, 2.24) is 15.0 Å². The normalized spacial score (nSPS) is 16.6. The number of benzene rings is 1. The summed E-state index contributed by atoms with van der Waals surface area (Å²) in [6.45, 7) is 3.75. The molecule has 11 heteroatoms. The number of nitrogens with one attached hydrogen (secondary N) is 1. The molecule has 32 heavy (non-hydrogen) atoms. The number of carbonyl (C=O) groups is 1. The van der Waals surface area contributed by atoms with Gasteiger partial charge >= 0.3 is 0 Å². The average molecular weight is 458 g/mol. The molecule has 2 aromatic rings. The highest BCUT2D eigenvalue weighted by molar-refractivity contribution is 7.99. The standard InChI is InChI=1S/C21H27N7O3S/c29-18(22-16-7-9-17(10-8-16)28(30)31)15-32-21-24-19(26-11-3-1-4-12-26)23-20(25-21)27-13-5-2-6-14-27/h7-10H,1-6,11-15H2,(H,22,29). The largest absolute Gasteiger partial charge is 0.341 e. The molecule has 1 aromatic heterocycles. The van der Waals surface area contributed by atoms with E-state index in [4.69, 9.17) is 4.98 Å². The van der Waals surface area contributed by atoms with E-state index in [0.29, 0.717) is 22.7 Å². The number of amides is 1. The lowest BCUT2D eigenvalue weighted by Gasteiger charge is -2.30. The zero-order valence-corrected chi connectivity index (χ0v) is 18.7. The van der Waals surface area contributed by atoms with Crippen LogP contribution in [0.1, 0.15) is 38.5 Å². The molecule has 0 saturated carbocycles. The van der Waals surface area contributed by atoms with Crippen LogP contribution in [0.3, 0.4) is 0 Å². The highest BCUT2D eigenvalue weighted by Crippen LogP contribution is 2.25. The molecule has 0 aliphatic carbocycles. The Hall–Kier alpha value is -2.95. The highest BCUT2D eigenvalue weighted by Gasteiger charge is 2.21. The Kier molecular flexibility index (Phi) is 7.35. The maximum atomic E-state index is 12.4. The summed E-state index contributed by atoms with van der Waals surface area (Å²) in [4.78, 5) is 41.2. The van der Waals surface area contributed by atoms with E-state index in [9.17, 15) is 14.9 Å². The molecular weight excluding hydrogens is 430 g/mol. The van der Waals surface area contributed by atoms with Crippen LogP contribution in [0.2, 0.25) is 0 Å². The molecule has 0 atom stereocenters. The quantitative estimate of drug-likeness (QED) is 0.379. The molecule has 170 valence electrons. The Morgan fingerprint density at radius 2 is 1.44 bits per heavy atom. The van der Waals surface area contributed by atoms with Crippen LogP contribution in [0.25, 0.3) is 0 Å². The van der Waals surface area contributed by atoms with Crippen LogP contribution >= 0.6 is 11.8 Å². The lowest BCUT2D eigenvalue weighted by molar-refractivity contribution is -0.384. The summed E-state index contributed by atoms with van der Waals surface area (Å²) in [6, 6.07) is 5.77. The number of thioether (sulfide) groups is 1. The van der Waals surface area contributed by atoms with Gasteiger partial charge in [-0.05, 0) is 50.7 Å². The van der Waals surface area contributed by atoms with Crippen molar-refractivity contribution in [1.29, 1.82) is 0 Å². The molecule has 2 saturated heterocycles. The van der Waals surface area contributed by atoms with Gasteiger partial charge in [0.25, 0.3) is 5.69 Å². The van der Waals surface area contributed by atoms with Crippen LogP contribution in [0.5, 0.6) is 0 Å². The summed E-state index contributed by atoms with van der Waals surface area (Å²) in [5.74, 6) is 1.31. The predicted octanol–water partition coefficient (Wildman–Crippen LogP) is 3.49. The SMILES string of the molecule is O=C(CSc1nc(N2CCCCC2)nc(N2CCCCC2)n1)Nc1ccc([N+](=O)[O-])cc1. The maximum Gasteiger partial charge on any atom is 0.269 e. The van der Waals surface area contributed by atoms with E-state index in [1.807, 2.05) is 0 Å². The Bertz CT molecular complexity index is 909. The van der Waals surface area contributed by atoms with Gasteiger partial charge in [-0.3, -0.25) is 14.9 Å². The van der Waals surface area contributed by atoms with E-state index in [2.05, 4.69) is 25.1 Å². The van der Waals surface area contributed by atoms with Gasteiger partial charge in [0.1, 0.15) is 0 Å². The number of hydrogen-bond acceptors (Lipinski definition) is 9. The Labute approximate surface area is 191 Å². The number of rotatable bonds is 7. The van der Waals surface area contributed by atoms with E-state index in [-0.39, 0.29) is 17.3 Å². The van der Waals surface area contributed by atoms with E-state index in [1.165, 1.54) is 48.9 Å². The number of aromatic nitrogens is 3. The van der Waals surface area contributed by atoms with Crippen molar-refractivity contribution in [3.63, 3.8) is 0 Å². The molecular formula is C21H27N7O3S. The van der Waals surface area contributed by atoms with Gasteiger partial charge in [-0.2, -0.15) is 15.0 Å². The third-order valence-electron chi connectivity index (χ3n) is 5.56. The smallest absolute Gasteiger partial charge is 0.269 e. The summed E-state index contributed by atoms with van der Waals surface area (Å²) < 4.78 is 0. The van der Waals surface area contributed by atoms with Gasteiger partial charge in [0.2, 0.25) is 17.8 Å². The van der Waals surface area contributed by atoms with Crippen LogP contribution in [0, 0.1) is 10.1 Å². The van der Waals surface area contributed by atoms with Crippen LogP contribution in [-0.2, 0) is 4.79 Å². The number of hydrogen-bond donors (Lipinski definition) is 1. The first kappa shape index (κ1) is 22.3. The average Bonchev–Trinajstić information content (AvgIpc) is 2.84. The van der Waals surface area contributed by atoms with E-state index >= 15 is 0 Å². The first-order valence-electron chi connectivity index (χ1n) is 11.0. The van der Waals surface area contributed by atoms with Gasteiger partial charge in [-0.1, -0.05) is 11.8 Å². The van der Waals surface area contributed by atoms with Crippen LogP contribution in [0.4, 0.5) is 23.3 Å². The first-order valence-corrected chi connectivity index (χ1v) is 12.0. The number of nitro benzene ring substituents is 1. The number of piperidine rings is 2. The fourth-order valence-corrected chi connectivity index (χ4v) is 4.49. The third-order valence-corrected chi connectivity index (χ3v) is 6.41. The molecule has 10 nitrogen and oxygen atoms in total. The van der Waals surface area contributed by atoms with Crippen molar-refractivity contribution in [2.75, 3.05) is 47.0 Å². The van der Waals surface area contributed by atoms with Gasteiger partial charge in [0.15, 0.2) is 5.16 Å². The molecule has 0 bridgehead atoms. The molecule has 1 amide bonds. The fraction of sp³-hybridized carbons (Fsp3) is 0.524. The summed E-state index contributed by atoms with van der Waals surface area (Å²) in [6.07, 6.45) is 6.97. The molecule has 2 aliphatic rings. The third kappa shape index (κ3) is 5.84. The molecule has 3 heterocycles. The van der Waals surface area contributed by atoms with Crippen molar-refractivity contribution >= 4 is 40.9 Å². The summed E-state index contributed by atoms with van der Waals surface area (Å²) in [5.41, 5.74) is 0.498. The molecule has 2 fully saturated rings. The number of anilines is 3. The van der Waals surface area contributed by atoms with Crippen molar-refractivity contribution in [3.05, 3.63) is 34.4 Å². The second kappa shape index (κ2) is 10.6. The molecule has 4 rings (SSSR count). The van der Waals surface area contributed by atoms with Gasteiger partial charge in [-0.25, -0.2) is 0 Å². The fourth-order valence-electron chi connectivity index (χ4n) is 3.86. The Morgan fingerprint density at radius 3 is 1.94 bits per heavy atom. The molecule has 0 radical (unpaired) electrons. The Morgan fingerprint density at radius 1 is 0.906 bits per heavy atom. The second-order valence-electron chi connectivity index (χ2n) is 7.95. The number of nitrogens with zero attached hydrogens (tertiary/aromatic N) is 6. The van der Waals surface area contributed by atoms with Gasteiger partial charge < -0.3 is 15.1 Å². The lowest BCUT2D eigenvalue weighted by atomic mass is 10.1. The minimum Gasteiger partial charge on any atom is -0.341 e. The van der Waals surface area contributed by atoms with Crippen molar-refractivity contribution in [3.8, 4) is 0 Å². The predicted molar refractivity (Wildman–Crippen MR) is 124 cm³/mol. The minimum absolute atomic E-state index is 0.0157. The molecule has 1 N–H and O–H groups in total. The first-order chi connectivity index (χ1) is 15.6. The molecule has 2 aliphatic heterocycles.